The Kier molecular flexibility index (Phi) is 6.01. The van der Waals surface area contributed by atoms with Gasteiger partial charge in [0, 0.05) is 5.56 Å². The summed E-state index contributed by atoms with van der Waals surface area (Å²) in [6.07, 6.45) is 2.70. The highest BCUT2D eigenvalue weighted by Crippen LogP contribution is 2.19. The van der Waals surface area contributed by atoms with Gasteiger partial charge in [-0.05, 0) is 31.2 Å². The number of likely N-dealkylation sites (N-methyl/N-ethyl adjacent to an activating group) is 1. The van der Waals surface area contributed by atoms with E-state index in [-0.39, 0.29) is 12.5 Å². The van der Waals surface area contributed by atoms with Gasteiger partial charge in [-0.1, -0.05) is 6.08 Å². The number of quaternary nitrogens is 1. The highest BCUT2D eigenvalue weighted by Gasteiger charge is 2.24. The van der Waals surface area contributed by atoms with E-state index in [1.165, 1.54) is 15.3 Å². The van der Waals surface area contributed by atoms with Gasteiger partial charge in [-0.2, -0.15) is 0 Å². The minimum Gasteiger partial charge on any atom is -0.332 e. The van der Waals surface area contributed by atoms with Gasteiger partial charge in [0.15, 0.2) is 0 Å². The largest absolute Gasteiger partial charge is 0.332 e. The van der Waals surface area contributed by atoms with Crippen LogP contribution >= 0.6 is 0 Å². The van der Waals surface area contributed by atoms with Crippen molar-refractivity contribution in [2.24, 2.45) is 0 Å². The second kappa shape index (κ2) is 7.81. The van der Waals surface area contributed by atoms with E-state index >= 15 is 0 Å². The molecule has 7 heteroatoms. The zero-order valence-corrected chi connectivity index (χ0v) is 15.2. The van der Waals surface area contributed by atoms with Crippen molar-refractivity contribution in [3.8, 4) is 0 Å². The van der Waals surface area contributed by atoms with Crippen molar-refractivity contribution in [2.75, 3.05) is 49.8 Å². The monoisotopic (exact) mass is 352 g/mol. The summed E-state index contributed by atoms with van der Waals surface area (Å²) >= 11 is 0. The summed E-state index contributed by atoms with van der Waals surface area (Å²) in [5.41, 5.74) is 1.12. The van der Waals surface area contributed by atoms with E-state index in [9.17, 15) is 13.2 Å². The van der Waals surface area contributed by atoms with Gasteiger partial charge in [-0.25, -0.2) is 8.42 Å². The third-order valence-electron chi connectivity index (χ3n) is 4.36. The quantitative estimate of drug-likeness (QED) is 0.733. The van der Waals surface area contributed by atoms with Crippen LogP contribution in [0.3, 0.4) is 0 Å². The fourth-order valence-electron chi connectivity index (χ4n) is 2.88. The van der Waals surface area contributed by atoms with Crippen molar-refractivity contribution in [2.45, 2.75) is 6.92 Å². The van der Waals surface area contributed by atoms with E-state index in [0.29, 0.717) is 11.3 Å². The van der Waals surface area contributed by atoms with Crippen molar-refractivity contribution in [1.29, 1.82) is 0 Å². The number of hydrogen-bond acceptors (Lipinski definition) is 3. The van der Waals surface area contributed by atoms with Crippen LogP contribution in [-0.2, 0) is 10.0 Å². The van der Waals surface area contributed by atoms with Crippen molar-refractivity contribution in [3.63, 3.8) is 0 Å². The molecule has 1 N–H and O–H groups in total. The Morgan fingerprint density at radius 2 is 1.88 bits per heavy atom. The molecule has 24 heavy (non-hydrogen) atoms. The Balaban J connectivity index is 2.11. The Morgan fingerprint density at radius 1 is 1.29 bits per heavy atom. The lowest BCUT2D eigenvalue weighted by molar-refractivity contribution is -0.902. The molecule has 0 aromatic heterocycles. The number of rotatable bonds is 6. The van der Waals surface area contributed by atoms with Crippen LogP contribution in [0.1, 0.15) is 17.3 Å². The van der Waals surface area contributed by atoms with Crippen molar-refractivity contribution in [3.05, 3.63) is 42.5 Å². The van der Waals surface area contributed by atoms with E-state index < -0.39 is 10.0 Å². The molecule has 1 aliphatic rings. The molecule has 1 aromatic rings. The molecule has 1 aromatic carbocycles. The first-order chi connectivity index (χ1) is 11.4. The number of amides is 1. The zero-order chi connectivity index (χ0) is 17.7. The molecule has 1 aliphatic heterocycles. The molecule has 0 radical (unpaired) electrons. The highest BCUT2D eigenvalue weighted by molar-refractivity contribution is 7.92. The average Bonchev–Trinajstić information content (AvgIpc) is 2.58. The lowest BCUT2D eigenvalue weighted by atomic mass is 10.1. The number of benzene rings is 1. The first-order valence-corrected chi connectivity index (χ1v) is 10.0. The molecule has 1 fully saturated rings. The molecule has 1 saturated heterocycles. The molecule has 0 atom stereocenters. The fourth-order valence-corrected chi connectivity index (χ4v) is 3.76. The minimum atomic E-state index is -3.38. The number of anilines is 1. The third kappa shape index (κ3) is 4.36. The van der Waals surface area contributed by atoms with Crippen molar-refractivity contribution in [1.82, 2.24) is 4.90 Å². The Labute approximate surface area is 144 Å². The number of carbonyl (C=O) groups is 1. The number of nitrogens with zero attached hydrogens (tertiary/aromatic N) is 2. The second-order valence-electron chi connectivity index (χ2n) is 6.03. The molecule has 1 heterocycles. The lowest BCUT2D eigenvalue weighted by Gasteiger charge is -2.31. The van der Waals surface area contributed by atoms with Gasteiger partial charge in [0.2, 0.25) is 10.0 Å². The molecule has 0 unspecified atom stereocenters. The maximum atomic E-state index is 12.6. The van der Waals surface area contributed by atoms with Gasteiger partial charge in [0.25, 0.3) is 5.91 Å². The average molecular weight is 352 g/mol. The second-order valence-corrected chi connectivity index (χ2v) is 7.93. The van der Waals surface area contributed by atoms with Crippen LogP contribution in [0.5, 0.6) is 0 Å². The topological polar surface area (TPSA) is 62.1 Å². The Morgan fingerprint density at radius 3 is 2.33 bits per heavy atom. The molecular formula is C17H26N3O3S+. The molecular weight excluding hydrogens is 326 g/mol. The van der Waals surface area contributed by atoms with Gasteiger partial charge < -0.3 is 9.80 Å². The van der Waals surface area contributed by atoms with Crippen LogP contribution in [-0.4, -0.2) is 64.7 Å². The SMILES string of the molecule is C=CCN(c1ccc(C(=O)N2CC[NH+](CC)CC2)cc1)S(C)(=O)=O. The molecule has 132 valence electrons. The maximum Gasteiger partial charge on any atom is 0.254 e. The molecule has 1 amide bonds. The van der Waals surface area contributed by atoms with E-state index in [1.54, 1.807) is 24.3 Å². The van der Waals surface area contributed by atoms with Crippen LogP contribution in [0.15, 0.2) is 36.9 Å². The maximum absolute atomic E-state index is 12.6. The summed E-state index contributed by atoms with van der Waals surface area (Å²) in [5, 5.41) is 0. The number of hydrogen-bond donors (Lipinski definition) is 1. The number of sulfonamides is 1. The van der Waals surface area contributed by atoms with Gasteiger partial charge in [-0.3, -0.25) is 9.10 Å². The lowest BCUT2D eigenvalue weighted by Crippen LogP contribution is -3.14. The zero-order valence-electron chi connectivity index (χ0n) is 14.4. The third-order valence-corrected chi connectivity index (χ3v) is 5.52. The first kappa shape index (κ1) is 18.5. The summed E-state index contributed by atoms with van der Waals surface area (Å²) in [6, 6.07) is 6.73. The normalized spacial score (nSPS) is 16.0. The standard InChI is InChI=1S/C17H25N3O3S/c1-4-10-20(24(3,22)23)16-8-6-15(7-9-16)17(21)19-13-11-18(5-2)12-14-19/h4,6-9H,1,5,10-14H2,2-3H3/p+1. The van der Waals surface area contributed by atoms with Crippen LogP contribution < -0.4 is 9.21 Å². The predicted octanol–water partition coefficient (Wildman–Crippen LogP) is -0.000800. The van der Waals surface area contributed by atoms with Crippen LogP contribution in [0.2, 0.25) is 0 Å². The van der Waals surface area contributed by atoms with Gasteiger partial charge >= 0.3 is 0 Å². The number of piperazine rings is 1. The summed E-state index contributed by atoms with van der Waals surface area (Å²) in [7, 11) is -3.38. The molecule has 0 bridgehead atoms. The molecule has 2 rings (SSSR count). The fraction of sp³-hybridized carbons (Fsp3) is 0.471. The number of carbonyl (C=O) groups excluding carboxylic acids is 1. The molecule has 6 nitrogen and oxygen atoms in total. The predicted molar refractivity (Wildman–Crippen MR) is 96.0 cm³/mol. The van der Waals surface area contributed by atoms with Crippen molar-refractivity contribution < 1.29 is 18.1 Å². The van der Waals surface area contributed by atoms with E-state index in [0.717, 1.165) is 39.0 Å². The number of nitrogens with one attached hydrogen (secondary N) is 1. The molecule has 0 saturated carbocycles. The summed E-state index contributed by atoms with van der Waals surface area (Å²) in [4.78, 5) is 16.0. The summed E-state index contributed by atoms with van der Waals surface area (Å²) < 4.78 is 25.0. The van der Waals surface area contributed by atoms with Gasteiger partial charge in [-0.15, -0.1) is 6.58 Å². The first-order valence-electron chi connectivity index (χ1n) is 8.18. The summed E-state index contributed by atoms with van der Waals surface area (Å²) in [5.74, 6) is 0.00586. The minimum absolute atomic E-state index is 0.00586. The summed E-state index contributed by atoms with van der Waals surface area (Å²) in [6.45, 7) is 10.5. The van der Waals surface area contributed by atoms with E-state index in [1.807, 2.05) is 4.90 Å². The Bertz CT molecular complexity index is 678. The van der Waals surface area contributed by atoms with Crippen LogP contribution in [0.4, 0.5) is 5.69 Å². The highest BCUT2D eigenvalue weighted by atomic mass is 32.2. The van der Waals surface area contributed by atoms with Gasteiger partial charge in [0.05, 0.1) is 51.2 Å². The van der Waals surface area contributed by atoms with Gasteiger partial charge in [0.1, 0.15) is 0 Å². The smallest absolute Gasteiger partial charge is 0.254 e. The molecule has 0 spiro atoms. The van der Waals surface area contributed by atoms with Crippen LogP contribution in [0, 0.1) is 0 Å². The van der Waals surface area contributed by atoms with E-state index in [2.05, 4.69) is 13.5 Å². The molecule has 0 aliphatic carbocycles. The Hall–Kier alpha value is -1.86. The van der Waals surface area contributed by atoms with Crippen LogP contribution in [0.25, 0.3) is 0 Å². The van der Waals surface area contributed by atoms with Crippen molar-refractivity contribution >= 4 is 21.6 Å². The van der Waals surface area contributed by atoms with E-state index in [4.69, 9.17) is 0 Å².